The van der Waals surface area contributed by atoms with Gasteiger partial charge in [0, 0.05) is 17.7 Å². The molecule has 2 rings (SSSR count). The lowest BCUT2D eigenvalue weighted by Crippen LogP contribution is -2.17. The molecule has 1 amide bonds. The summed E-state index contributed by atoms with van der Waals surface area (Å²) in [5.74, 6) is -0.415. The highest BCUT2D eigenvalue weighted by molar-refractivity contribution is 5.95. The first-order chi connectivity index (χ1) is 10.1. The van der Waals surface area contributed by atoms with Crippen LogP contribution in [0.5, 0.6) is 5.75 Å². The van der Waals surface area contributed by atoms with Crippen LogP contribution in [0.4, 0.5) is 5.69 Å². The highest BCUT2D eigenvalue weighted by atomic mass is 16.6. The second-order valence-corrected chi connectivity index (χ2v) is 4.10. The number of carbonyl (C=O) groups excluding carboxylic acids is 1. The molecule has 0 atom stereocenters. The Balaban J connectivity index is 2.03. The van der Waals surface area contributed by atoms with Gasteiger partial charge >= 0.3 is 0 Å². The molecule has 2 aromatic rings. The SMILES string of the molecule is O=C(N/N=C\c1ccc(O)cc1)c1cccc([N+](=O)[O-])c1. The second kappa shape index (κ2) is 6.29. The van der Waals surface area contributed by atoms with E-state index in [0.717, 1.165) is 0 Å². The van der Waals surface area contributed by atoms with E-state index in [4.69, 9.17) is 5.11 Å². The van der Waals surface area contributed by atoms with Gasteiger partial charge in [-0.3, -0.25) is 14.9 Å². The predicted molar refractivity (Wildman–Crippen MR) is 76.3 cm³/mol. The molecule has 0 heterocycles. The first-order valence-corrected chi connectivity index (χ1v) is 5.93. The Labute approximate surface area is 119 Å². The maximum absolute atomic E-state index is 11.8. The number of nitro groups is 1. The van der Waals surface area contributed by atoms with Crippen LogP contribution >= 0.6 is 0 Å². The summed E-state index contributed by atoms with van der Waals surface area (Å²) in [4.78, 5) is 21.8. The Morgan fingerprint density at radius 3 is 2.62 bits per heavy atom. The number of nitrogens with one attached hydrogen (secondary N) is 1. The minimum Gasteiger partial charge on any atom is -0.508 e. The molecule has 0 unspecified atom stereocenters. The molecule has 7 nitrogen and oxygen atoms in total. The van der Waals surface area contributed by atoms with Crippen LogP contribution in [-0.4, -0.2) is 22.2 Å². The predicted octanol–water partition coefficient (Wildman–Crippen LogP) is 2.06. The Bertz CT molecular complexity index is 696. The van der Waals surface area contributed by atoms with E-state index >= 15 is 0 Å². The largest absolute Gasteiger partial charge is 0.508 e. The summed E-state index contributed by atoms with van der Waals surface area (Å²) < 4.78 is 0. The summed E-state index contributed by atoms with van der Waals surface area (Å²) in [5.41, 5.74) is 2.94. The molecule has 21 heavy (non-hydrogen) atoms. The normalized spacial score (nSPS) is 10.5. The van der Waals surface area contributed by atoms with Crippen molar-refractivity contribution in [2.24, 2.45) is 5.10 Å². The third-order valence-corrected chi connectivity index (χ3v) is 2.59. The van der Waals surface area contributed by atoms with Crippen LogP contribution < -0.4 is 5.43 Å². The molecule has 2 N–H and O–H groups in total. The lowest BCUT2D eigenvalue weighted by molar-refractivity contribution is -0.384. The second-order valence-electron chi connectivity index (χ2n) is 4.10. The topological polar surface area (TPSA) is 105 Å². The van der Waals surface area contributed by atoms with Crippen molar-refractivity contribution < 1.29 is 14.8 Å². The fourth-order valence-electron chi connectivity index (χ4n) is 1.55. The quantitative estimate of drug-likeness (QED) is 0.509. The summed E-state index contributed by atoms with van der Waals surface area (Å²) in [6.07, 6.45) is 1.40. The standard InChI is InChI=1S/C14H11N3O4/c18-13-6-4-10(5-7-13)9-15-16-14(19)11-2-1-3-12(8-11)17(20)21/h1-9,18H,(H,16,19)/b15-9-. The number of nitro benzene ring substituents is 1. The van der Waals surface area contributed by atoms with Gasteiger partial charge < -0.3 is 5.11 Å². The number of rotatable bonds is 4. The van der Waals surface area contributed by atoms with E-state index in [2.05, 4.69) is 10.5 Å². The molecule has 0 aliphatic carbocycles. The van der Waals surface area contributed by atoms with Crippen molar-refractivity contribution in [1.82, 2.24) is 5.43 Å². The van der Waals surface area contributed by atoms with Crippen molar-refractivity contribution in [2.75, 3.05) is 0 Å². The molecule has 106 valence electrons. The minimum absolute atomic E-state index is 0.132. The number of non-ortho nitro benzene ring substituents is 1. The number of benzene rings is 2. The van der Waals surface area contributed by atoms with Crippen molar-refractivity contribution >= 4 is 17.8 Å². The van der Waals surface area contributed by atoms with Gasteiger partial charge in [0.05, 0.1) is 11.1 Å². The van der Waals surface area contributed by atoms with Gasteiger partial charge in [0.25, 0.3) is 11.6 Å². The first kappa shape index (κ1) is 14.2. The summed E-state index contributed by atoms with van der Waals surface area (Å²) >= 11 is 0. The van der Waals surface area contributed by atoms with Gasteiger partial charge in [-0.2, -0.15) is 5.10 Å². The Morgan fingerprint density at radius 2 is 1.95 bits per heavy atom. The fourth-order valence-corrected chi connectivity index (χ4v) is 1.55. The lowest BCUT2D eigenvalue weighted by Gasteiger charge is -1.99. The van der Waals surface area contributed by atoms with E-state index in [-0.39, 0.29) is 17.0 Å². The van der Waals surface area contributed by atoms with Gasteiger partial charge in [0.15, 0.2) is 0 Å². The maximum atomic E-state index is 11.8. The molecule has 0 radical (unpaired) electrons. The first-order valence-electron chi connectivity index (χ1n) is 5.93. The molecule has 0 fully saturated rings. The Hall–Kier alpha value is -3.22. The van der Waals surface area contributed by atoms with Crippen molar-refractivity contribution in [1.29, 1.82) is 0 Å². The molecular weight excluding hydrogens is 274 g/mol. The molecule has 0 saturated carbocycles. The molecule has 7 heteroatoms. The number of hydrogen-bond acceptors (Lipinski definition) is 5. The zero-order valence-electron chi connectivity index (χ0n) is 10.8. The number of nitrogens with zero attached hydrogens (tertiary/aromatic N) is 2. The number of phenolic OH excluding ortho intramolecular Hbond substituents is 1. The maximum Gasteiger partial charge on any atom is 0.271 e. The number of amides is 1. The van der Waals surface area contributed by atoms with Gasteiger partial charge in [-0.25, -0.2) is 5.43 Å². The number of aromatic hydroxyl groups is 1. The van der Waals surface area contributed by atoms with Crippen LogP contribution in [0.3, 0.4) is 0 Å². The molecule has 2 aromatic carbocycles. The Morgan fingerprint density at radius 1 is 1.24 bits per heavy atom. The van der Waals surface area contributed by atoms with Crippen LogP contribution in [-0.2, 0) is 0 Å². The monoisotopic (exact) mass is 285 g/mol. The van der Waals surface area contributed by atoms with Gasteiger partial charge in [0.2, 0.25) is 0 Å². The smallest absolute Gasteiger partial charge is 0.271 e. The summed E-state index contributed by atoms with van der Waals surface area (Å²) in [5, 5.41) is 23.5. The van der Waals surface area contributed by atoms with Gasteiger partial charge in [0.1, 0.15) is 5.75 Å². The highest BCUT2D eigenvalue weighted by Crippen LogP contribution is 2.13. The van der Waals surface area contributed by atoms with Crippen LogP contribution in [0, 0.1) is 10.1 Å². The third kappa shape index (κ3) is 3.87. The molecule has 0 aliphatic rings. The molecule has 0 saturated heterocycles. The van der Waals surface area contributed by atoms with Gasteiger partial charge in [-0.05, 0) is 35.9 Å². The van der Waals surface area contributed by atoms with Crippen molar-refractivity contribution in [3.8, 4) is 5.75 Å². The number of phenols is 1. The molecule has 0 aliphatic heterocycles. The zero-order valence-corrected chi connectivity index (χ0v) is 10.8. The number of carbonyl (C=O) groups is 1. The van der Waals surface area contributed by atoms with Gasteiger partial charge in [-0.1, -0.05) is 6.07 Å². The molecular formula is C14H11N3O4. The Kier molecular flexibility index (Phi) is 4.25. The average Bonchev–Trinajstić information content (AvgIpc) is 2.49. The van der Waals surface area contributed by atoms with Crippen molar-refractivity contribution in [2.45, 2.75) is 0 Å². The summed E-state index contributed by atoms with van der Waals surface area (Å²) in [6.45, 7) is 0. The van der Waals surface area contributed by atoms with E-state index in [9.17, 15) is 14.9 Å². The minimum atomic E-state index is -0.573. The zero-order chi connectivity index (χ0) is 15.2. The number of hydrazone groups is 1. The van der Waals surface area contributed by atoms with Crippen LogP contribution in [0.25, 0.3) is 0 Å². The molecule has 0 spiro atoms. The lowest BCUT2D eigenvalue weighted by atomic mass is 10.2. The fraction of sp³-hybridized carbons (Fsp3) is 0. The van der Waals surface area contributed by atoms with Crippen LogP contribution in [0.2, 0.25) is 0 Å². The van der Waals surface area contributed by atoms with E-state index < -0.39 is 10.8 Å². The van der Waals surface area contributed by atoms with E-state index in [1.165, 1.54) is 42.6 Å². The van der Waals surface area contributed by atoms with E-state index in [1.807, 2.05) is 0 Å². The molecule has 0 aromatic heterocycles. The highest BCUT2D eigenvalue weighted by Gasteiger charge is 2.10. The molecule has 0 bridgehead atoms. The van der Waals surface area contributed by atoms with Gasteiger partial charge in [-0.15, -0.1) is 0 Å². The third-order valence-electron chi connectivity index (χ3n) is 2.59. The van der Waals surface area contributed by atoms with Crippen LogP contribution in [0.1, 0.15) is 15.9 Å². The summed E-state index contributed by atoms with van der Waals surface area (Å²) in [6, 6.07) is 11.6. The van der Waals surface area contributed by atoms with E-state index in [0.29, 0.717) is 5.56 Å². The summed E-state index contributed by atoms with van der Waals surface area (Å²) in [7, 11) is 0. The van der Waals surface area contributed by atoms with Crippen LogP contribution in [0.15, 0.2) is 53.6 Å². The number of hydrogen-bond donors (Lipinski definition) is 2. The van der Waals surface area contributed by atoms with E-state index in [1.54, 1.807) is 12.1 Å². The van der Waals surface area contributed by atoms with Crippen molar-refractivity contribution in [3.63, 3.8) is 0 Å². The average molecular weight is 285 g/mol. The van der Waals surface area contributed by atoms with Crippen molar-refractivity contribution in [3.05, 3.63) is 69.8 Å².